The third-order valence-electron chi connectivity index (χ3n) is 4.97. The van der Waals surface area contributed by atoms with Gasteiger partial charge in [-0.2, -0.15) is 0 Å². The van der Waals surface area contributed by atoms with Crippen molar-refractivity contribution >= 4 is 34.6 Å². The van der Waals surface area contributed by atoms with Crippen LogP contribution < -0.4 is 10.2 Å². The van der Waals surface area contributed by atoms with Gasteiger partial charge in [0, 0.05) is 48.7 Å². The molecule has 29 heavy (non-hydrogen) atoms. The molecule has 0 radical (unpaired) electrons. The quantitative estimate of drug-likeness (QED) is 0.697. The van der Waals surface area contributed by atoms with Crippen LogP contribution in [0.1, 0.15) is 35.1 Å². The summed E-state index contributed by atoms with van der Waals surface area (Å²) >= 11 is 6.04. The highest BCUT2D eigenvalue weighted by atomic mass is 35.5. The van der Waals surface area contributed by atoms with Crippen molar-refractivity contribution < 1.29 is 9.59 Å². The smallest absolute Gasteiger partial charge is 0.270 e. The van der Waals surface area contributed by atoms with E-state index in [2.05, 4.69) is 10.3 Å². The van der Waals surface area contributed by atoms with E-state index in [9.17, 15) is 9.59 Å². The summed E-state index contributed by atoms with van der Waals surface area (Å²) in [5, 5.41) is 3.57. The number of aryl methyl sites for hydroxylation is 1. The zero-order chi connectivity index (χ0) is 20.4. The molecular weight excluding hydrogens is 388 g/mol. The number of rotatable bonds is 5. The number of hydrogen-bond donors (Lipinski definition) is 1. The van der Waals surface area contributed by atoms with Crippen LogP contribution in [0.15, 0.2) is 54.9 Å². The van der Waals surface area contributed by atoms with Gasteiger partial charge in [0.2, 0.25) is 0 Å². The van der Waals surface area contributed by atoms with Crippen molar-refractivity contribution in [3.8, 4) is 0 Å². The number of hydrogen-bond acceptors (Lipinski definition) is 4. The largest absolute Gasteiger partial charge is 0.347 e. The topological polar surface area (TPSA) is 66.7 Å². The van der Waals surface area contributed by atoms with Crippen molar-refractivity contribution in [3.63, 3.8) is 0 Å². The summed E-state index contributed by atoms with van der Waals surface area (Å²) in [6, 6.07) is 11.4. The van der Waals surface area contributed by atoms with Gasteiger partial charge in [-0.1, -0.05) is 30.7 Å². The molecule has 148 valence electrons. The van der Waals surface area contributed by atoms with Crippen molar-refractivity contribution in [1.29, 1.82) is 0 Å². The Balaban J connectivity index is 1.47. The van der Waals surface area contributed by atoms with E-state index in [0.29, 0.717) is 42.3 Å². The second-order valence-corrected chi connectivity index (χ2v) is 7.34. The van der Waals surface area contributed by atoms with Gasteiger partial charge in [-0.3, -0.25) is 14.0 Å². The van der Waals surface area contributed by atoms with Crippen LogP contribution in [0.5, 0.6) is 0 Å². The minimum absolute atomic E-state index is 0.154. The van der Waals surface area contributed by atoms with Crippen molar-refractivity contribution in [2.45, 2.75) is 26.3 Å². The lowest BCUT2D eigenvalue weighted by Gasteiger charge is -2.23. The molecule has 1 aliphatic rings. The number of halogens is 1. The Morgan fingerprint density at radius 2 is 2.03 bits per heavy atom. The molecule has 0 unspecified atom stereocenters. The van der Waals surface area contributed by atoms with Crippen LogP contribution in [0.25, 0.3) is 5.65 Å². The van der Waals surface area contributed by atoms with Crippen molar-refractivity contribution in [2.75, 3.05) is 11.4 Å². The van der Waals surface area contributed by atoms with Crippen molar-refractivity contribution in [3.05, 3.63) is 76.8 Å². The van der Waals surface area contributed by atoms with Crippen LogP contribution in [0, 0.1) is 0 Å². The molecule has 0 aliphatic carbocycles. The summed E-state index contributed by atoms with van der Waals surface area (Å²) < 4.78 is 1.77. The Labute approximate surface area is 173 Å². The third kappa shape index (κ3) is 4.03. The van der Waals surface area contributed by atoms with E-state index < -0.39 is 0 Å². The van der Waals surface area contributed by atoms with Crippen LogP contribution in [-0.2, 0) is 17.8 Å². The number of carbonyl (C=O) groups is 2. The maximum atomic E-state index is 12.8. The first-order valence-corrected chi connectivity index (χ1v) is 9.94. The monoisotopic (exact) mass is 408 g/mol. The minimum atomic E-state index is -0.168. The molecule has 6 nitrogen and oxygen atoms in total. The van der Waals surface area contributed by atoms with Crippen molar-refractivity contribution in [2.24, 2.45) is 0 Å². The molecule has 0 atom stereocenters. The number of amides is 1. The molecule has 0 spiro atoms. The summed E-state index contributed by atoms with van der Waals surface area (Å²) in [5.41, 5.74) is 3.97. The molecule has 4 rings (SSSR count). The highest BCUT2D eigenvalue weighted by Crippen LogP contribution is 2.20. The van der Waals surface area contributed by atoms with E-state index in [4.69, 9.17) is 11.6 Å². The zero-order valence-electron chi connectivity index (χ0n) is 16.1. The second-order valence-electron chi connectivity index (χ2n) is 6.91. The van der Waals surface area contributed by atoms with Crippen LogP contribution in [0.3, 0.4) is 0 Å². The molecule has 1 aliphatic heterocycles. The Bertz CT molecular complexity index is 1100. The number of fused-ring (bicyclic) bond motifs is 1. The van der Waals surface area contributed by atoms with Crippen molar-refractivity contribution in [1.82, 2.24) is 14.7 Å². The standard InChI is InChI=1S/C22H21ClN4O2/c1-2-19-21(27-12-7-16(23)13-20(27)25-19)22(29)24-14-15-3-5-17(6-4-15)26-10-8-18(28)9-11-26/h3-8,10,12-13H,2,9,11,14H2,1H3,(H,24,29). The summed E-state index contributed by atoms with van der Waals surface area (Å²) in [6.07, 6.45) is 6.36. The highest BCUT2D eigenvalue weighted by molar-refractivity contribution is 6.30. The molecule has 1 N–H and O–H groups in total. The minimum Gasteiger partial charge on any atom is -0.347 e. The first-order valence-electron chi connectivity index (χ1n) is 9.56. The Morgan fingerprint density at radius 1 is 1.24 bits per heavy atom. The normalized spacial score (nSPS) is 13.9. The Hall–Kier alpha value is -3.12. The number of pyridine rings is 1. The van der Waals surface area contributed by atoms with Gasteiger partial charge < -0.3 is 10.2 Å². The van der Waals surface area contributed by atoms with Gasteiger partial charge >= 0.3 is 0 Å². The van der Waals surface area contributed by atoms with Gasteiger partial charge in [-0.05, 0) is 36.3 Å². The van der Waals surface area contributed by atoms with Gasteiger partial charge in [0.15, 0.2) is 5.78 Å². The lowest BCUT2D eigenvalue weighted by atomic mass is 10.1. The number of anilines is 1. The number of aromatic nitrogens is 2. The van der Waals surface area contributed by atoms with Gasteiger partial charge in [0.05, 0.1) is 5.69 Å². The average Bonchev–Trinajstić information content (AvgIpc) is 3.10. The maximum absolute atomic E-state index is 12.8. The van der Waals surface area contributed by atoms with E-state index >= 15 is 0 Å². The number of nitrogens with one attached hydrogen (secondary N) is 1. The third-order valence-corrected chi connectivity index (χ3v) is 5.21. The fourth-order valence-corrected chi connectivity index (χ4v) is 3.56. The predicted octanol–water partition coefficient (Wildman–Crippen LogP) is 3.77. The van der Waals surface area contributed by atoms with Crippen LogP contribution >= 0.6 is 11.6 Å². The molecule has 3 heterocycles. The first kappa shape index (κ1) is 19.2. The fraction of sp³-hybridized carbons (Fsp3) is 0.227. The number of imidazole rings is 1. The van der Waals surface area contributed by atoms with Gasteiger partial charge in [0.25, 0.3) is 5.91 Å². The first-order chi connectivity index (χ1) is 14.0. The molecule has 7 heteroatoms. The van der Waals surface area contributed by atoms with E-state index in [0.717, 1.165) is 16.9 Å². The summed E-state index contributed by atoms with van der Waals surface area (Å²) in [7, 11) is 0. The lowest BCUT2D eigenvalue weighted by molar-refractivity contribution is -0.114. The van der Waals surface area contributed by atoms with E-state index in [1.165, 1.54) is 0 Å². The van der Waals surface area contributed by atoms with Gasteiger partial charge in [0.1, 0.15) is 11.3 Å². The fourth-order valence-electron chi connectivity index (χ4n) is 3.40. The van der Waals surface area contributed by atoms with Crippen LogP contribution in [-0.4, -0.2) is 27.6 Å². The van der Waals surface area contributed by atoms with E-state index in [1.807, 2.05) is 42.3 Å². The molecule has 2 aromatic heterocycles. The summed E-state index contributed by atoms with van der Waals surface area (Å²) in [6.45, 7) is 3.07. The van der Waals surface area contributed by atoms with Gasteiger partial charge in [-0.25, -0.2) is 4.98 Å². The zero-order valence-corrected chi connectivity index (χ0v) is 16.8. The van der Waals surface area contributed by atoms with Crippen LogP contribution in [0.4, 0.5) is 5.69 Å². The average molecular weight is 409 g/mol. The Kier molecular flexibility index (Phi) is 5.36. The molecule has 0 bridgehead atoms. The number of carbonyl (C=O) groups excluding carboxylic acids is 2. The Morgan fingerprint density at radius 3 is 2.72 bits per heavy atom. The van der Waals surface area contributed by atoms with E-state index in [1.54, 1.807) is 28.8 Å². The molecule has 1 amide bonds. The number of ketones is 1. The molecule has 0 saturated heterocycles. The van der Waals surface area contributed by atoms with Gasteiger partial charge in [-0.15, -0.1) is 0 Å². The highest BCUT2D eigenvalue weighted by Gasteiger charge is 2.18. The SMILES string of the molecule is CCc1nc2cc(Cl)ccn2c1C(=O)NCc1ccc(N2C=CC(=O)CC2)cc1. The molecule has 0 fully saturated rings. The number of benzene rings is 1. The molecule has 1 aromatic carbocycles. The summed E-state index contributed by atoms with van der Waals surface area (Å²) in [5.74, 6) is -0.0140. The molecular formula is C22H21ClN4O2. The predicted molar refractivity (Wildman–Crippen MR) is 113 cm³/mol. The second kappa shape index (κ2) is 8.09. The van der Waals surface area contributed by atoms with E-state index in [-0.39, 0.29) is 11.7 Å². The van der Waals surface area contributed by atoms with Crippen LogP contribution in [0.2, 0.25) is 5.02 Å². The lowest BCUT2D eigenvalue weighted by Crippen LogP contribution is -2.25. The maximum Gasteiger partial charge on any atom is 0.270 e. The molecule has 0 saturated carbocycles. The molecule has 3 aromatic rings. The number of nitrogens with zero attached hydrogens (tertiary/aromatic N) is 3. The number of allylic oxidation sites excluding steroid dienone is 1. The summed E-state index contributed by atoms with van der Waals surface area (Å²) in [4.78, 5) is 30.7.